The van der Waals surface area contributed by atoms with E-state index < -0.39 is 10.0 Å². The van der Waals surface area contributed by atoms with Crippen LogP contribution >= 0.6 is 0 Å². The Morgan fingerprint density at radius 1 is 1.15 bits per heavy atom. The number of carbonyl (C=O) groups is 1. The number of rotatable bonds is 6. The van der Waals surface area contributed by atoms with Crippen molar-refractivity contribution in [2.45, 2.75) is 51.0 Å². The minimum Gasteiger partial charge on any atom is -0.454 e. The minimum absolute atomic E-state index is 0.0943. The van der Waals surface area contributed by atoms with Crippen LogP contribution in [0.4, 0.5) is 5.69 Å². The standard InChI is InChI=1S/C18H26N2O5S/c1-26(22,23)20(15-8-9-16-17(12-15)25-13-24-16)11-10-18(21)19-14-6-4-2-3-5-7-14/h8-9,12,14H,2-7,10-11,13H2,1H3,(H,19,21). The molecule has 8 heteroatoms. The maximum atomic E-state index is 12.3. The van der Waals surface area contributed by atoms with Crippen LogP contribution in [0.2, 0.25) is 0 Å². The number of anilines is 1. The number of nitrogens with zero attached hydrogens (tertiary/aromatic N) is 1. The topological polar surface area (TPSA) is 84.9 Å². The molecule has 0 unspecified atom stereocenters. The Balaban J connectivity index is 1.63. The van der Waals surface area contributed by atoms with Gasteiger partial charge in [-0.15, -0.1) is 0 Å². The summed E-state index contributed by atoms with van der Waals surface area (Å²) in [5.41, 5.74) is 0.471. The Kier molecular flexibility index (Phi) is 5.90. The van der Waals surface area contributed by atoms with Crippen LogP contribution in [0.1, 0.15) is 44.9 Å². The van der Waals surface area contributed by atoms with E-state index in [9.17, 15) is 13.2 Å². The van der Waals surface area contributed by atoms with Gasteiger partial charge in [-0.2, -0.15) is 0 Å². The van der Waals surface area contributed by atoms with Crippen molar-refractivity contribution in [2.75, 3.05) is 23.9 Å². The molecule has 1 amide bonds. The number of hydrogen-bond acceptors (Lipinski definition) is 5. The Labute approximate surface area is 154 Å². The lowest BCUT2D eigenvalue weighted by Gasteiger charge is -2.23. The van der Waals surface area contributed by atoms with Gasteiger partial charge < -0.3 is 14.8 Å². The first-order valence-corrected chi connectivity index (χ1v) is 10.9. The molecule has 0 saturated heterocycles. The van der Waals surface area contributed by atoms with Gasteiger partial charge >= 0.3 is 0 Å². The van der Waals surface area contributed by atoms with Crippen LogP contribution in [0, 0.1) is 0 Å². The zero-order chi connectivity index (χ0) is 18.6. The van der Waals surface area contributed by atoms with Crippen molar-refractivity contribution in [3.8, 4) is 11.5 Å². The van der Waals surface area contributed by atoms with Gasteiger partial charge in [0.15, 0.2) is 11.5 Å². The first-order valence-electron chi connectivity index (χ1n) is 9.10. The summed E-state index contributed by atoms with van der Waals surface area (Å²) in [6.07, 6.45) is 7.98. The molecule has 7 nitrogen and oxygen atoms in total. The number of sulfonamides is 1. The summed E-state index contributed by atoms with van der Waals surface area (Å²) in [6, 6.07) is 5.19. The lowest BCUT2D eigenvalue weighted by atomic mass is 10.1. The molecule has 1 aliphatic heterocycles. The quantitative estimate of drug-likeness (QED) is 0.764. The Morgan fingerprint density at radius 3 is 2.54 bits per heavy atom. The molecule has 0 aromatic heterocycles. The minimum atomic E-state index is -3.51. The van der Waals surface area contributed by atoms with E-state index in [1.54, 1.807) is 18.2 Å². The SMILES string of the molecule is CS(=O)(=O)N(CCC(=O)NC1CCCCCC1)c1ccc2c(c1)OCO2. The predicted molar refractivity (Wildman–Crippen MR) is 99.0 cm³/mol. The molecule has 0 radical (unpaired) electrons. The van der Waals surface area contributed by atoms with Gasteiger partial charge in [0.05, 0.1) is 11.9 Å². The number of fused-ring (bicyclic) bond motifs is 1. The van der Waals surface area contributed by atoms with E-state index in [1.807, 2.05) is 0 Å². The molecule has 1 aliphatic carbocycles. The largest absolute Gasteiger partial charge is 0.454 e. The molecule has 3 rings (SSSR count). The molecular formula is C18H26N2O5S. The summed E-state index contributed by atoms with van der Waals surface area (Å²) in [6.45, 7) is 0.221. The van der Waals surface area contributed by atoms with Crippen molar-refractivity contribution in [1.29, 1.82) is 0 Å². The van der Waals surface area contributed by atoms with Crippen LogP contribution in [0.5, 0.6) is 11.5 Å². The number of nitrogens with one attached hydrogen (secondary N) is 1. The van der Waals surface area contributed by atoms with Crippen LogP contribution in [0.3, 0.4) is 0 Å². The van der Waals surface area contributed by atoms with Gasteiger partial charge in [-0.05, 0) is 25.0 Å². The average Bonchev–Trinajstić information content (AvgIpc) is 2.90. The molecule has 2 aliphatic rings. The number of hydrogen-bond donors (Lipinski definition) is 1. The zero-order valence-corrected chi connectivity index (χ0v) is 15.9. The van der Waals surface area contributed by atoms with Crippen LogP contribution in [0.25, 0.3) is 0 Å². The van der Waals surface area contributed by atoms with Gasteiger partial charge in [0.2, 0.25) is 22.7 Å². The summed E-state index contributed by atoms with van der Waals surface area (Å²) in [5.74, 6) is 0.999. The van der Waals surface area contributed by atoms with E-state index in [4.69, 9.17) is 9.47 Å². The molecule has 0 atom stereocenters. The van der Waals surface area contributed by atoms with E-state index >= 15 is 0 Å². The highest BCUT2D eigenvalue weighted by molar-refractivity contribution is 7.92. The molecule has 0 bridgehead atoms. The summed E-state index contributed by atoms with van der Waals surface area (Å²) < 4.78 is 36.2. The second-order valence-corrected chi connectivity index (χ2v) is 8.79. The van der Waals surface area contributed by atoms with Gasteiger partial charge in [0.25, 0.3) is 0 Å². The highest BCUT2D eigenvalue weighted by Crippen LogP contribution is 2.36. The number of ether oxygens (including phenoxy) is 2. The van der Waals surface area contributed by atoms with Gasteiger partial charge in [0.1, 0.15) is 0 Å². The van der Waals surface area contributed by atoms with Gasteiger partial charge in [0, 0.05) is 25.1 Å². The Bertz CT molecular complexity index is 742. The van der Waals surface area contributed by atoms with Crippen LogP contribution in [0.15, 0.2) is 18.2 Å². The fourth-order valence-electron chi connectivity index (χ4n) is 3.45. The van der Waals surface area contributed by atoms with Crippen LogP contribution in [-0.2, 0) is 14.8 Å². The summed E-state index contributed by atoms with van der Waals surface area (Å²) in [7, 11) is -3.51. The third kappa shape index (κ3) is 4.81. The number of carbonyl (C=O) groups excluding carboxylic acids is 1. The fraction of sp³-hybridized carbons (Fsp3) is 0.611. The lowest BCUT2D eigenvalue weighted by Crippen LogP contribution is -2.38. The van der Waals surface area contributed by atoms with Crippen molar-refractivity contribution >= 4 is 21.6 Å². The second-order valence-electron chi connectivity index (χ2n) is 6.88. The fourth-order valence-corrected chi connectivity index (χ4v) is 4.37. The number of benzene rings is 1. The smallest absolute Gasteiger partial charge is 0.232 e. The third-order valence-corrected chi connectivity index (χ3v) is 6.00. The second kappa shape index (κ2) is 8.16. The van der Waals surface area contributed by atoms with E-state index in [0.29, 0.717) is 17.2 Å². The summed E-state index contributed by atoms with van der Waals surface area (Å²) in [4.78, 5) is 12.3. The van der Waals surface area contributed by atoms with Crippen molar-refractivity contribution in [2.24, 2.45) is 0 Å². The van der Waals surface area contributed by atoms with E-state index in [-0.39, 0.29) is 31.7 Å². The lowest BCUT2D eigenvalue weighted by molar-refractivity contribution is -0.121. The molecule has 144 valence electrons. The van der Waals surface area contributed by atoms with Crippen molar-refractivity contribution < 1.29 is 22.7 Å². The molecule has 1 N–H and O–H groups in total. The molecule has 1 saturated carbocycles. The van der Waals surface area contributed by atoms with Crippen LogP contribution in [-0.4, -0.2) is 40.0 Å². The molecule has 1 aromatic carbocycles. The number of amides is 1. The average molecular weight is 382 g/mol. The summed E-state index contributed by atoms with van der Waals surface area (Å²) in [5, 5.41) is 3.05. The molecular weight excluding hydrogens is 356 g/mol. The van der Waals surface area contributed by atoms with E-state index in [0.717, 1.165) is 31.9 Å². The third-order valence-electron chi connectivity index (χ3n) is 4.81. The highest BCUT2D eigenvalue weighted by atomic mass is 32.2. The predicted octanol–water partition coefficient (Wildman–Crippen LogP) is 2.41. The van der Waals surface area contributed by atoms with Crippen LogP contribution < -0.4 is 19.1 Å². The Morgan fingerprint density at radius 2 is 1.85 bits per heavy atom. The summed E-state index contributed by atoms with van der Waals surface area (Å²) >= 11 is 0. The zero-order valence-electron chi connectivity index (χ0n) is 15.1. The molecule has 1 fully saturated rings. The van der Waals surface area contributed by atoms with Crippen molar-refractivity contribution in [3.05, 3.63) is 18.2 Å². The van der Waals surface area contributed by atoms with E-state index in [1.165, 1.54) is 17.1 Å². The first-order chi connectivity index (χ1) is 12.4. The first kappa shape index (κ1) is 18.8. The van der Waals surface area contributed by atoms with Crippen molar-refractivity contribution in [1.82, 2.24) is 5.32 Å². The Hall–Kier alpha value is -1.96. The normalized spacial score (nSPS) is 17.6. The molecule has 1 heterocycles. The van der Waals surface area contributed by atoms with Gasteiger partial charge in [-0.1, -0.05) is 25.7 Å². The molecule has 1 aromatic rings. The van der Waals surface area contributed by atoms with Gasteiger partial charge in [-0.25, -0.2) is 8.42 Å². The maximum absolute atomic E-state index is 12.3. The van der Waals surface area contributed by atoms with Gasteiger partial charge in [-0.3, -0.25) is 9.10 Å². The van der Waals surface area contributed by atoms with E-state index in [2.05, 4.69) is 5.32 Å². The highest BCUT2D eigenvalue weighted by Gasteiger charge is 2.23. The van der Waals surface area contributed by atoms with Crippen molar-refractivity contribution in [3.63, 3.8) is 0 Å². The monoisotopic (exact) mass is 382 g/mol. The maximum Gasteiger partial charge on any atom is 0.232 e. The molecule has 26 heavy (non-hydrogen) atoms. The molecule has 0 spiro atoms.